The molecule has 0 spiro atoms. The van der Waals surface area contributed by atoms with Crippen LogP contribution in [0.25, 0.3) is 0 Å². The number of hydrogen-bond acceptors (Lipinski definition) is 3. The molecule has 0 bridgehead atoms. The van der Waals surface area contributed by atoms with Crippen molar-refractivity contribution in [3.63, 3.8) is 0 Å². The molecule has 0 saturated carbocycles. The fourth-order valence-electron chi connectivity index (χ4n) is 1.74. The molecule has 1 atom stereocenters. The van der Waals surface area contributed by atoms with Crippen LogP contribution in [0.3, 0.4) is 0 Å². The Morgan fingerprint density at radius 3 is 2.62 bits per heavy atom. The van der Waals surface area contributed by atoms with E-state index in [2.05, 4.69) is 20.7 Å². The Morgan fingerprint density at radius 2 is 1.95 bits per heavy atom. The van der Waals surface area contributed by atoms with Crippen molar-refractivity contribution >= 4 is 43.2 Å². The third-order valence-corrected chi connectivity index (χ3v) is 5.16. The van der Waals surface area contributed by atoms with Gasteiger partial charge in [-0.05, 0) is 58.7 Å². The van der Waals surface area contributed by atoms with E-state index in [1.165, 1.54) is 6.07 Å². The zero-order valence-electron chi connectivity index (χ0n) is 11.2. The molecule has 2 rings (SSSR count). The van der Waals surface area contributed by atoms with Gasteiger partial charge in [-0.25, -0.2) is 8.42 Å². The van der Waals surface area contributed by atoms with E-state index in [-0.39, 0.29) is 10.9 Å². The third-order valence-electron chi connectivity index (χ3n) is 2.87. The van der Waals surface area contributed by atoms with Crippen LogP contribution < -0.4 is 10.5 Å². The van der Waals surface area contributed by atoms with Gasteiger partial charge in [0, 0.05) is 15.5 Å². The zero-order valence-corrected chi connectivity index (χ0v) is 14.3. The molecule has 0 fully saturated rings. The van der Waals surface area contributed by atoms with Crippen LogP contribution in [0.4, 0.5) is 5.69 Å². The fraction of sp³-hybridized carbons (Fsp3) is 0.143. The van der Waals surface area contributed by atoms with Crippen LogP contribution >= 0.6 is 27.5 Å². The van der Waals surface area contributed by atoms with E-state index in [0.717, 1.165) is 5.56 Å². The van der Waals surface area contributed by atoms with Crippen LogP contribution in [0.2, 0.25) is 5.02 Å². The van der Waals surface area contributed by atoms with E-state index < -0.39 is 10.0 Å². The smallest absolute Gasteiger partial charge is 0.261 e. The minimum atomic E-state index is -3.70. The summed E-state index contributed by atoms with van der Waals surface area (Å²) >= 11 is 9.17. The van der Waals surface area contributed by atoms with Gasteiger partial charge in [-0.15, -0.1) is 0 Å². The number of nitrogens with one attached hydrogen (secondary N) is 1. The normalized spacial score (nSPS) is 13.0. The number of nitrogens with two attached hydrogens (primary N) is 1. The summed E-state index contributed by atoms with van der Waals surface area (Å²) in [4.78, 5) is 0.157. The van der Waals surface area contributed by atoms with Gasteiger partial charge in [0.2, 0.25) is 0 Å². The minimum absolute atomic E-state index is 0.157. The molecule has 2 aromatic carbocycles. The fourth-order valence-corrected chi connectivity index (χ4v) is 3.52. The summed E-state index contributed by atoms with van der Waals surface area (Å²) in [6, 6.07) is 11.2. The Hall–Kier alpha value is -1.08. The monoisotopic (exact) mass is 388 g/mol. The van der Waals surface area contributed by atoms with Crippen molar-refractivity contribution in [2.24, 2.45) is 5.73 Å². The average molecular weight is 390 g/mol. The van der Waals surface area contributed by atoms with Gasteiger partial charge < -0.3 is 5.73 Å². The molecule has 21 heavy (non-hydrogen) atoms. The van der Waals surface area contributed by atoms with E-state index in [4.69, 9.17) is 17.3 Å². The molecule has 3 N–H and O–H groups in total. The average Bonchev–Trinajstić information content (AvgIpc) is 2.43. The number of benzene rings is 2. The highest BCUT2D eigenvalue weighted by atomic mass is 79.9. The van der Waals surface area contributed by atoms with Crippen LogP contribution in [0.1, 0.15) is 18.5 Å². The summed E-state index contributed by atoms with van der Waals surface area (Å²) in [5, 5.41) is 0.445. The van der Waals surface area contributed by atoms with Crippen molar-refractivity contribution in [2.45, 2.75) is 17.9 Å². The second kappa shape index (κ2) is 6.36. The number of anilines is 1. The van der Waals surface area contributed by atoms with E-state index >= 15 is 0 Å². The summed E-state index contributed by atoms with van der Waals surface area (Å²) in [5.74, 6) is 0. The second-order valence-corrected chi connectivity index (χ2v) is 7.56. The Bertz CT molecular complexity index is 763. The molecule has 7 heteroatoms. The van der Waals surface area contributed by atoms with Crippen LogP contribution in [0, 0.1) is 0 Å². The van der Waals surface area contributed by atoms with Crippen LogP contribution in [-0.4, -0.2) is 8.42 Å². The number of halogens is 2. The van der Waals surface area contributed by atoms with Gasteiger partial charge in [0.1, 0.15) is 0 Å². The largest absolute Gasteiger partial charge is 0.324 e. The van der Waals surface area contributed by atoms with E-state index in [1.807, 2.05) is 0 Å². The van der Waals surface area contributed by atoms with Gasteiger partial charge in [0.25, 0.3) is 10.0 Å². The van der Waals surface area contributed by atoms with Gasteiger partial charge in [-0.1, -0.05) is 23.7 Å². The molecule has 4 nitrogen and oxygen atoms in total. The molecule has 1 unspecified atom stereocenters. The number of sulfonamides is 1. The molecular weight excluding hydrogens is 376 g/mol. The first-order valence-electron chi connectivity index (χ1n) is 6.13. The summed E-state index contributed by atoms with van der Waals surface area (Å²) in [6.07, 6.45) is 0. The van der Waals surface area contributed by atoms with Crippen LogP contribution in [-0.2, 0) is 10.0 Å². The molecular formula is C14H14BrClN2O2S. The third kappa shape index (κ3) is 3.97. The van der Waals surface area contributed by atoms with E-state index in [0.29, 0.717) is 15.2 Å². The molecule has 0 aliphatic carbocycles. The number of hydrogen-bond donors (Lipinski definition) is 2. The molecule has 0 aliphatic heterocycles. The maximum absolute atomic E-state index is 12.4. The standard InChI is InChI=1S/C14H14BrClN2O2S/c1-9(17)10-3-2-4-12(7-10)21(19,20)18-14-8-11(16)5-6-13(14)15/h2-9,18H,17H2,1H3. The first-order chi connectivity index (χ1) is 9.79. The lowest BCUT2D eigenvalue weighted by molar-refractivity contribution is 0.601. The summed E-state index contributed by atoms with van der Waals surface area (Å²) < 4.78 is 28.0. The minimum Gasteiger partial charge on any atom is -0.324 e. The lowest BCUT2D eigenvalue weighted by Crippen LogP contribution is -2.14. The molecule has 0 amide bonds. The molecule has 112 valence electrons. The molecule has 0 aliphatic rings. The molecule has 2 aromatic rings. The van der Waals surface area contributed by atoms with Crippen molar-refractivity contribution in [1.29, 1.82) is 0 Å². The Labute approximate surface area is 137 Å². The highest BCUT2D eigenvalue weighted by Crippen LogP contribution is 2.28. The summed E-state index contributed by atoms with van der Waals surface area (Å²) in [7, 11) is -3.70. The molecule has 0 aromatic heterocycles. The first-order valence-corrected chi connectivity index (χ1v) is 8.78. The van der Waals surface area contributed by atoms with Gasteiger partial charge in [-0.2, -0.15) is 0 Å². The van der Waals surface area contributed by atoms with Crippen LogP contribution in [0.15, 0.2) is 51.8 Å². The van der Waals surface area contributed by atoms with Gasteiger partial charge in [0.15, 0.2) is 0 Å². The predicted molar refractivity (Wildman–Crippen MR) is 89.0 cm³/mol. The first kappa shape index (κ1) is 16.3. The molecule has 0 heterocycles. The quantitative estimate of drug-likeness (QED) is 0.832. The van der Waals surface area contributed by atoms with Gasteiger partial charge >= 0.3 is 0 Å². The number of rotatable bonds is 4. The highest BCUT2D eigenvalue weighted by Gasteiger charge is 2.17. The predicted octanol–water partition coefficient (Wildman–Crippen LogP) is 3.92. The van der Waals surface area contributed by atoms with E-state index in [9.17, 15) is 8.42 Å². The maximum atomic E-state index is 12.4. The highest BCUT2D eigenvalue weighted by molar-refractivity contribution is 9.10. The maximum Gasteiger partial charge on any atom is 0.261 e. The lowest BCUT2D eigenvalue weighted by Gasteiger charge is -2.12. The van der Waals surface area contributed by atoms with Gasteiger partial charge in [-0.3, -0.25) is 4.72 Å². The van der Waals surface area contributed by atoms with E-state index in [1.54, 1.807) is 43.3 Å². The second-order valence-electron chi connectivity index (χ2n) is 4.59. The Kier molecular flexibility index (Phi) is 4.93. The zero-order chi connectivity index (χ0) is 15.6. The summed E-state index contributed by atoms with van der Waals surface area (Å²) in [6.45, 7) is 1.80. The van der Waals surface area contributed by atoms with Gasteiger partial charge in [0.05, 0.1) is 10.6 Å². The molecule has 0 saturated heterocycles. The molecule has 0 radical (unpaired) electrons. The lowest BCUT2D eigenvalue weighted by atomic mass is 10.1. The van der Waals surface area contributed by atoms with Crippen LogP contribution in [0.5, 0.6) is 0 Å². The SMILES string of the molecule is CC(N)c1cccc(S(=O)(=O)Nc2cc(Cl)ccc2Br)c1. The van der Waals surface area contributed by atoms with Crippen molar-refractivity contribution in [2.75, 3.05) is 4.72 Å². The van der Waals surface area contributed by atoms with Crippen molar-refractivity contribution in [3.05, 3.63) is 57.5 Å². The Morgan fingerprint density at radius 1 is 1.24 bits per heavy atom. The van der Waals surface area contributed by atoms with Crippen molar-refractivity contribution in [1.82, 2.24) is 0 Å². The van der Waals surface area contributed by atoms with Crippen molar-refractivity contribution < 1.29 is 8.42 Å². The Balaban J connectivity index is 2.38. The topological polar surface area (TPSA) is 72.2 Å². The van der Waals surface area contributed by atoms with Crippen molar-refractivity contribution in [3.8, 4) is 0 Å². The summed E-state index contributed by atoms with van der Waals surface area (Å²) in [5.41, 5.74) is 6.92.